The first-order valence-corrected chi connectivity index (χ1v) is 8.32. The maximum Gasteiger partial charge on any atom is 0.292 e. The summed E-state index contributed by atoms with van der Waals surface area (Å²) in [5, 5.41) is 23.0. The molecule has 0 aromatic heterocycles. The quantitative estimate of drug-likeness (QED) is 0.628. The number of amides is 1. The van der Waals surface area contributed by atoms with E-state index in [0.717, 1.165) is 18.8 Å². The van der Waals surface area contributed by atoms with E-state index in [4.69, 9.17) is 0 Å². The van der Waals surface area contributed by atoms with Gasteiger partial charge in [-0.15, -0.1) is 0 Å². The average Bonchev–Trinajstić information content (AvgIpc) is 2.63. The number of nitro benzene ring substituents is 1. The second-order valence-corrected chi connectivity index (χ2v) is 6.10. The number of phenolic OH excluding ortho intramolecular Hbond substituents is 1. The van der Waals surface area contributed by atoms with Gasteiger partial charge in [0, 0.05) is 37.9 Å². The highest BCUT2D eigenvalue weighted by Gasteiger charge is 2.21. The van der Waals surface area contributed by atoms with E-state index in [9.17, 15) is 20.0 Å². The second kappa shape index (κ2) is 7.83. The highest BCUT2D eigenvalue weighted by Crippen LogP contribution is 2.23. The van der Waals surface area contributed by atoms with E-state index in [-0.39, 0.29) is 29.6 Å². The molecule has 2 N–H and O–H groups in total. The summed E-state index contributed by atoms with van der Waals surface area (Å²) >= 11 is 0. The lowest BCUT2D eigenvalue weighted by Gasteiger charge is -2.35. The van der Waals surface area contributed by atoms with Gasteiger partial charge in [-0.25, -0.2) is 0 Å². The Hall–Kier alpha value is -3.13. The number of nitro groups is 1. The van der Waals surface area contributed by atoms with Gasteiger partial charge in [-0.05, 0) is 30.3 Å². The molecule has 26 heavy (non-hydrogen) atoms. The molecular formula is C18H20N4O4. The Labute approximate surface area is 150 Å². The molecule has 3 rings (SSSR count). The number of carbonyl (C=O) groups excluding carboxylic acids is 1. The molecule has 1 fully saturated rings. The van der Waals surface area contributed by atoms with Gasteiger partial charge in [0.15, 0.2) is 0 Å². The molecular weight excluding hydrogens is 336 g/mol. The molecule has 1 aliphatic rings. The van der Waals surface area contributed by atoms with Gasteiger partial charge >= 0.3 is 0 Å². The molecule has 0 bridgehead atoms. The minimum absolute atomic E-state index is 0.113. The molecule has 1 heterocycles. The van der Waals surface area contributed by atoms with E-state index in [2.05, 4.69) is 10.2 Å². The van der Waals surface area contributed by atoms with Crippen molar-refractivity contribution >= 4 is 23.0 Å². The van der Waals surface area contributed by atoms with Gasteiger partial charge in [-0.3, -0.25) is 19.8 Å². The standard InChI is InChI=1S/C18H20N4O4/c23-15-7-5-14(6-8-15)21-11-9-20(10-12-21)13-18(24)19-16-3-1-2-4-17(16)22(25)26/h1-8,23H,9-13H2,(H,19,24). The average molecular weight is 356 g/mol. The van der Waals surface area contributed by atoms with Crippen molar-refractivity contribution in [2.24, 2.45) is 0 Å². The maximum absolute atomic E-state index is 12.2. The molecule has 0 radical (unpaired) electrons. The van der Waals surface area contributed by atoms with Gasteiger partial charge in [-0.1, -0.05) is 12.1 Å². The summed E-state index contributed by atoms with van der Waals surface area (Å²) in [4.78, 5) is 26.9. The van der Waals surface area contributed by atoms with Crippen molar-refractivity contribution in [1.82, 2.24) is 4.90 Å². The molecule has 0 atom stereocenters. The Morgan fingerprint density at radius 2 is 1.73 bits per heavy atom. The fourth-order valence-corrected chi connectivity index (χ4v) is 2.96. The van der Waals surface area contributed by atoms with Gasteiger partial charge in [0.25, 0.3) is 5.69 Å². The lowest BCUT2D eigenvalue weighted by atomic mass is 10.2. The van der Waals surface area contributed by atoms with Gasteiger partial charge in [0.1, 0.15) is 11.4 Å². The molecule has 1 saturated heterocycles. The Balaban J connectivity index is 1.52. The molecule has 2 aromatic rings. The minimum Gasteiger partial charge on any atom is -0.508 e. The summed E-state index contributed by atoms with van der Waals surface area (Å²) in [5.41, 5.74) is 1.13. The summed E-state index contributed by atoms with van der Waals surface area (Å²) < 4.78 is 0. The fraction of sp³-hybridized carbons (Fsp3) is 0.278. The molecule has 8 heteroatoms. The van der Waals surface area contributed by atoms with E-state index < -0.39 is 4.92 Å². The van der Waals surface area contributed by atoms with Crippen molar-refractivity contribution < 1.29 is 14.8 Å². The third kappa shape index (κ3) is 4.28. The first kappa shape index (κ1) is 17.7. The van der Waals surface area contributed by atoms with Crippen LogP contribution in [0.25, 0.3) is 0 Å². The Morgan fingerprint density at radius 1 is 1.08 bits per heavy atom. The molecule has 8 nitrogen and oxygen atoms in total. The molecule has 1 amide bonds. The van der Waals surface area contributed by atoms with Crippen molar-refractivity contribution in [2.75, 3.05) is 42.9 Å². The van der Waals surface area contributed by atoms with Crippen LogP contribution in [0.3, 0.4) is 0 Å². The number of carbonyl (C=O) groups is 1. The van der Waals surface area contributed by atoms with E-state index in [0.29, 0.717) is 13.1 Å². The number of benzene rings is 2. The molecule has 1 aliphatic heterocycles. The molecule has 2 aromatic carbocycles. The van der Waals surface area contributed by atoms with Gasteiger partial charge < -0.3 is 15.3 Å². The van der Waals surface area contributed by atoms with E-state index in [1.165, 1.54) is 12.1 Å². The van der Waals surface area contributed by atoms with Gasteiger partial charge in [0.05, 0.1) is 11.5 Å². The van der Waals surface area contributed by atoms with Crippen LogP contribution >= 0.6 is 0 Å². The van der Waals surface area contributed by atoms with Gasteiger partial charge in [-0.2, -0.15) is 0 Å². The number of para-hydroxylation sites is 2. The number of nitrogens with zero attached hydrogens (tertiary/aromatic N) is 3. The Kier molecular flexibility index (Phi) is 5.33. The number of anilines is 2. The summed E-state index contributed by atoms with van der Waals surface area (Å²) in [5.74, 6) is -0.0311. The van der Waals surface area contributed by atoms with Crippen molar-refractivity contribution in [1.29, 1.82) is 0 Å². The van der Waals surface area contributed by atoms with Crippen LogP contribution in [0.15, 0.2) is 48.5 Å². The molecule has 136 valence electrons. The highest BCUT2D eigenvalue weighted by atomic mass is 16.6. The Bertz CT molecular complexity index is 786. The van der Waals surface area contributed by atoms with Crippen molar-refractivity contribution in [3.8, 4) is 5.75 Å². The van der Waals surface area contributed by atoms with E-state index in [1.807, 2.05) is 17.0 Å². The summed E-state index contributed by atoms with van der Waals surface area (Å²) in [6.45, 7) is 3.15. The normalized spacial score (nSPS) is 14.8. The molecule has 0 spiro atoms. The van der Waals surface area contributed by atoms with E-state index >= 15 is 0 Å². The summed E-state index contributed by atoms with van der Waals surface area (Å²) in [6.07, 6.45) is 0. The first-order chi connectivity index (χ1) is 12.5. The topological polar surface area (TPSA) is 99.0 Å². The molecule has 0 unspecified atom stereocenters. The second-order valence-electron chi connectivity index (χ2n) is 6.10. The van der Waals surface area contributed by atoms with E-state index in [1.54, 1.807) is 24.3 Å². The fourth-order valence-electron chi connectivity index (χ4n) is 2.96. The highest BCUT2D eigenvalue weighted by molar-refractivity contribution is 5.94. The van der Waals surface area contributed by atoms with Crippen LogP contribution in [-0.2, 0) is 4.79 Å². The third-order valence-corrected chi connectivity index (χ3v) is 4.33. The zero-order chi connectivity index (χ0) is 18.5. The third-order valence-electron chi connectivity index (χ3n) is 4.33. The zero-order valence-electron chi connectivity index (χ0n) is 14.2. The number of hydrogen-bond acceptors (Lipinski definition) is 6. The number of aromatic hydroxyl groups is 1. The predicted octanol–water partition coefficient (Wildman–Crippen LogP) is 2.06. The lowest BCUT2D eigenvalue weighted by molar-refractivity contribution is -0.383. The molecule has 0 aliphatic carbocycles. The smallest absolute Gasteiger partial charge is 0.292 e. The number of nitrogens with one attached hydrogen (secondary N) is 1. The first-order valence-electron chi connectivity index (χ1n) is 8.32. The molecule has 0 saturated carbocycles. The predicted molar refractivity (Wildman–Crippen MR) is 98.5 cm³/mol. The summed E-state index contributed by atoms with van der Waals surface area (Å²) in [7, 11) is 0. The number of rotatable bonds is 5. The largest absolute Gasteiger partial charge is 0.508 e. The van der Waals surface area contributed by atoms with Gasteiger partial charge in [0.2, 0.25) is 5.91 Å². The van der Waals surface area contributed by atoms with Crippen LogP contribution in [0.5, 0.6) is 5.75 Å². The monoisotopic (exact) mass is 356 g/mol. The zero-order valence-corrected chi connectivity index (χ0v) is 14.2. The SMILES string of the molecule is O=C(CN1CCN(c2ccc(O)cc2)CC1)Nc1ccccc1[N+](=O)[O-]. The van der Waals surface area contributed by atoms with Crippen molar-refractivity contribution in [3.63, 3.8) is 0 Å². The van der Waals surface area contributed by atoms with Crippen LogP contribution in [-0.4, -0.2) is 53.6 Å². The van der Waals surface area contributed by atoms with Crippen LogP contribution in [0.1, 0.15) is 0 Å². The minimum atomic E-state index is -0.508. The van der Waals surface area contributed by atoms with Crippen molar-refractivity contribution in [2.45, 2.75) is 0 Å². The number of phenols is 1. The summed E-state index contributed by atoms with van der Waals surface area (Å²) in [6, 6.07) is 13.2. The maximum atomic E-state index is 12.2. The Morgan fingerprint density at radius 3 is 2.38 bits per heavy atom. The number of hydrogen-bond donors (Lipinski definition) is 2. The lowest BCUT2D eigenvalue weighted by Crippen LogP contribution is -2.48. The van der Waals surface area contributed by atoms with Crippen LogP contribution in [0, 0.1) is 10.1 Å². The van der Waals surface area contributed by atoms with Crippen LogP contribution in [0.4, 0.5) is 17.1 Å². The van der Waals surface area contributed by atoms with Crippen LogP contribution in [0.2, 0.25) is 0 Å². The van der Waals surface area contributed by atoms with Crippen molar-refractivity contribution in [3.05, 3.63) is 58.6 Å². The number of piperazine rings is 1. The van der Waals surface area contributed by atoms with Crippen LogP contribution < -0.4 is 10.2 Å².